The number of aliphatic hydroxyl groups is 1. The van der Waals surface area contributed by atoms with Crippen molar-refractivity contribution in [2.24, 2.45) is 5.73 Å². The van der Waals surface area contributed by atoms with Crippen LogP contribution in [0, 0.1) is 0 Å². The van der Waals surface area contributed by atoms with E-state index >= 15 is 0 Å². The summed E-state index contributed by atoms with van der Waals surface area (Å²) >= 11 is 5.04. The zero-order valence-corrected chi connectivity index (χ0v) is 8.86. The van der Waals surface area contributed by atoms with Crippen molar-refractivity contribution in [3.05, 3.63) is 20.8 Å². The average Bonchev–Trinajstić information content (AvgIpc) is 2.33. The molecule has 0 amide bonds. The third-order valence-corrected chi connectivity index (χ3v) is 4.17. The molecular weight excluding hydrogens is 238 g/mol. The molecule has 2 nitrogen and oxygen atoms in total. The summed E-state index contributed by atoms with van der Waals surface area (Å²) in [6, 6.07) is 2.04. The molecule has 1 aliphatic carbocycles. The van der Waals surface area contributed by atoms with E-state index in [0.29, 0.717) is 12.8 Å². The van der Waals surface area contributed by atoms with Crippen molar-refractivity contribution in [3.63, 3.8) is 0 Å². The maximum Gasteiger partial charge on any atom is 0.0582 e. The highest BCUT2D eigenvalue weighted by Crippen LogP contribution is 2.42. The van der Waals surface area contributed by atoms with Crippen LogP contribution in [0.4, 0.5) is 0 Å². The molecule has 1 heterocycles. The van der Waals surface area contributed by atoms with Gasteiger partial charge in [0.1, 0.15) is 0 Å². The first-order chi connectivity index (χ1) is 5.60. The number of rotatable bonds is 1. The van der Waals surface area contributed by atoms with Gasteiger partial charge in [-0.05, 0) is 34.8 Å². The number of hydrogen-bond acceptors (Lipinski definition) is 3. The molecule has 12 heavy (non-hydrogen) atoms. The van der Waals surface area contributed by atoms with Crippen LogP contribution in [0.15, 0.2) is 15.9 Å². The van der Waals surface area contributed by atoms with Crippen molar-refractivity contribution in [1.29, 1.82) is 0 Å². The highest BCUT2D eigenvalue weighted by molar-refractivity contribution is 9.10. The van der Waals surface area contributed by atoms with Gasteiger partial charge in [0.2, 0.25) is 0 Å². The Morgan fingerprint density at radius 3 is 2.75 bits per heavy atom. The van der Waals surface area contributed by atoms with Gasteiger partial charge in [0.05, 0.1) is 11.6 Å². The second kappa shape index (κ2) is 2.80. The summed E-state index contributed by atoms with van der Waals surface area (Å²) < 4.78 is 1.08. The number of aliphatic hydroxyl groups excluding tert-OH is 1. The molecule has 1 aromatic heterocycles. The molecule has 4 heteroatoms. The van der Waals surface area contributed by atoms with Crippen LogP contribution in [0.2, 0.25) is 0 Å². The SMILES string of the molecule is NC1(c2cc(Br)cs2)CC(O)C1. The number of hydrogen-bond donors (Lipinski definition) is 2. The zero-order chi connectivity index (χ0) is 8.77. The fraction of sp³-hybridized carbons (Fsp3) is 0.500. The second-order valence-corrected chi connectivity index (χ2v) is 5.17. The van der Waals surface area contributed by atoms with Gasteiger partial charge in [0.15, 0.2) is 0 Å². The van der Waals surface area contributed by atoms with Gasteiger partial charge in [-0.1, -0.05) is 0 Å². The van der Waals surface area contributed by atoms with Gasteiger partial charge in [-0.2, -0.15) is 0 Å². The Kier molecular flexibility index (Phi) is 2.03. The van der Waals surface area contributed by atoms with Gasteiger partial charge >= 0.3 is 0 Å². The lowest BCUT2D eigenvalue weighted by atomic mass is 9.74. The third kappa shape index (κ3) is 1.33. The van der Waals surface area contributed by atoms with Crippen molar-refractivity contribution in [2.75, 3.05) is 0 Å². The van der Waals surface area contributed by atoms with Gasteiger partial charge < -0.3 is 10.8 Å². The molecule has 0 radical (unpaired) electrons. The Morgan fingerprint density at radius 1 is 1.67 bits per heavy atom. The first-order valence-corrected chi connectivity index (χ1v) is 5.49. The minimum absolute atomic E-state index is 0.198. The summed E-state index contributed by atoms with van der Waals surface area (Å²) in [7, 11) is 0. The highest BCUT2D eigenvalue weighted by Gasteiger charge is 2.42. The van der Waals surface area contributed by atoms with E-state index in [2.05, 4.69) is 15.9 Å². The third-order valence-electron chi connectivity index (χ3n) is 2.26. The standard InChI is InChI=1S/C8H10BrNOS/c9-5-1-7(12-4-5)8(10)2-6(11)3-8/h1,4,6,11H,2-3,10H2. The lowest BCUT2D eigenvalue weighted by molar-refractivity contribution is 0.0227. The largest absolute Gasteiger partial charge is 0.393 e. The molecular formula is C8H10BrNOS. The summed E-state index contributed by atoms with van der Waals surface area (Å²) in [5.41, 5.74) is 5.80. The van der Waals surface area contributed by atoms with Gasteiger partial charge in [0.25, 0.3) is 0 Å². The van der Waals surface area contributed by atoms with E-state index in [9.17, 15) is 0 Å². The summed E-state index contributed by atoms with van der Waals surface area (Å²) in [6.45, 7) is 0. The topological polar surface area (TPSA) is 46.2 Å². The first-order valence-electron chi connectivity index (χ1n) is 3.82. The van der Waals surface area contributed by atoms with Gasteiger partial charge in [0, 0.05) is 14.7 Å². The number of halogens is 1. The Morgan fingerprint density at radius 2 is 2.33 bits per heavy atom. The maximum atomic E-state index is 9.16. The van der Waals surface area contributed by atoms with Crippen molar-refractivity contribution in [2.45, 2.75) is 24.5 Å². The van der Waals surface area contributed by atoms with E-state index in [4.69, 9.17) is 10.8 Å². The minimum Gasteiger partial charge on any atom is -0.393 e. The average molecular weight is 248 g/mol. The molecule has 1 fully saturated rings. The Balaban J connectivity index is 2.20. The fourth-order valence-corrected chi connectivity index (χ4v) is 3.12. The molecule has 0 bridgehead atoms. The molecule has 3 N–H and O–H groups in total. The van der Waals surface area contributed by atoms with E-state index in [-0.39, 0.29) is 11.6 Å². The lowest BCUT2D eigenvalue weighted by Crippen LogP contribution is -2.51. The molecule has 1 aliphatic rings. The van der Waals surface area contributed by atoms with E-state index < -0.39 is 0 Å². The minimum atomic E-state index is -0.254. The molecule has 0 atom stereocenters. The molecule has 0 aromatic carbocycles. The first kappa shape index (κ1) is 8.69. The normalized spacial score (nSPS) is 34.8. The smallest absolute Gasteiger partial charge is 0.0582 e. The number of nitrogens with two attached hydrogens (primary N) is 1. The monoisotopic (exact) mass is 247 g/mol. The van der Waals surface area contributed by atoms with Crippen LogP contribution < -0.4 is 5.73 Å². The summed E-state index contributed by atoms with van der Waals surface area (Å²) in [6.07, 6.45) is 1.19. The molecule has 2 rings (SSSR count). The Labute approximate surface area is 83.5 Å². The molecule has 66 valence electrons. The van der Waals surface area contributed by atoms with Crippen molar-refractivity contribution >= 4 is 27.3 Å². The van der Waals surface area contributed by atoms with E-state index in [1.54, 1.807) is 11.3 Å². The maximum absolute atomic E-state index is 9.16. The van der Waals surface area contributed by atoms with Gasteiger partial charge in [-0.3, -0.25) is 0 Å². The van der Waals surface area contributed by atoms with E-state index in [1.165, 1.54) is 4.88 Å². The van der Waals surface area contributed by atoms with Crippen LogP contribution >= 0.6 is 27.3 Å². The Hall–Kier alpha value is 0.1000. The Bertz CT molecular complexity index is 293. The van der Waals surface area contributed by atoms with Crippen LogP contribution in [0.1, 0.15) is 17.7 Å². The number of thiophene rings is 1. The van der Waals surface area contributed by atoms with Crippen LogP contribution in [-0.2, 0) is 5.54 Å². The molecule has 0 unspecified atom stereocenters. The molecule has 0 spiro atoms. The van der Waals surface area contributed by atoms with Crippen molar-refractivity contribution < 1.29 is 5.11 Å². The summed E-state index contributed by atoms with van der Waals surface area (Å²) in [4.78, 5) is 1.17. The van der Waals surface area contributed by atoms with E-state index in [0.717, 1.165) is 4.47 Å². The highest BCUT2D eigenvalue weighted by atomic mass is 79.9. The van der Waals surface area contributed by atoms with Crippen molar-refractivity contribution in [3.8, 4) is 0 Å². The van der Waals surface area contributed by atoms with Crippen LogP contribution in [0.5, 0.6) is 0 Å². The van der Waals surface area contributed by atoms with E-state index in [1.807, 2.05) is 11.4 Å². The molecule has 1 aromatic rings. The molecule has 0 aliphatic heterocycles. The van der Waals surface area contributed by atoms with Crippen LogP contribution in [0.25, 0.3) is 0 Å². The zero-order valence-electron chi connectivity index (χ0n) is 6.46. The van der Waals surface area contributed by atoms with Gasteiger partial charge in [-0.15, -0.1) is 11.3 Å². The predicted molar refractivity (Wildman–Crippen MR) is 53.1 cm³/mol. The second-order valence-electron chi connectivity index (χ2n) is 3.35. The van der Waals surface area contributed by atoms with Crippen LogP contribution in [0.3, 0.4) is 0 Å². The molecule has 0 saturated heterocycles. The summed E-state index contributed by atoms with van der Waals surface area (Å²) in [5, 5.41) is 11.2. The van der Waals surface area contributed by atoms with Crippen LogP contribution in [-0.4, -0.2) is 11.2 Å². The van der Waals surface area contributed by atoms with Gasteiger partial charge in [-0.25, -0.2) is 0 Å². The van der Waals surface area contributed by atoms with Crippen molar-refractivity contribution in [1.82, 2.24) is 0 Å². The summed E-state index contributed by atoms with van der Waals surface area (Å²) in [5.74, 6) is 0. The molecule has 1 saturated carbocycles. The lowest BCUT2D eigenvalue weighted by Gasteiger charge is -2.41. The quantitative estimate of drug-likeness (QED) is 0.796. The predicted octanol–water partition coefficient (Wildman–Crippen LogP) is 1.82. The fourth-order valence-electron chi connectivity index (χ4n) is 1.56.